The van der Waals surface area contributed by atoms with Crippen LogP contribution in [-0.4, -0.2) is 11.8 Å². The van der Waals surface area contributed by atoms with E-state index in [0.717, 1.165) is 11.1 Å². The van der Waals surface area contributed by atoms with Crippen LogP contribution in [0.5, 0.6) is 0 Å². The second-order valence-corrected chi connectivity index (χ2v) is 6.79. The average Bonchev–Trinajstić information content (AvgIpc) is 2.68. The SMILES string of the molecule is O=C1CCC(=O)N[C@H](c2ccc(F)cc2)C/C=C\C[C@@H](c2ccc(F)cc2)N1. The highest BCUT2D eigenvalue weighted by Crippen LogP contribution is 2.22. The molecule has 0 bridgehead atoms. The summed E-state index contributed by atoms with van der Waals surface area (Å²) in [6, 6.07) is 11.4. The molecule has 0 aromatic heterocycles. The number of hydrogen-bond acceptors (Lipinski definition) is 2. The van der Waals surface area contributed by atoms with Gasteiger partial charge in [0.15, 0.2) is 0 Å². The van der Waals surface area contributed by atoms with Gasteiger partial charge in [-0.2, -0.15) is 0 Å². The van der Waals surface area contributed by atoms with Gasteiger partial charge in [0.1, 0.15) is 11.6 Å². The van der Waals surface area contributed by atoms with Gasteiger partial charge in [0.25, 0.3) is 0 Å². The van der Waals surface area contributed by atoms with E-state index in [2.05, 4.69) is 10.6 Å². The number of carbonyl (C=O) groups excluding carboxylic acids is 2. The van der Waals surface area contributed by atoms with Crippen molar-refractivity contribution in [3.05, 3.63) is 83.4 Å². The average molecular weight is 384 g/mol. The van der Waals surface area contributed by atoms with Crippen LogP contribution >= 0.6 is 0 Å². The molecular weight excluding hydrogens is 362 g/mol. The Morgan fingerprint density at radius 3 is 1.36 bits per heavy atom. The standard InChI is InChI=1S/C22H22F2N2O2/c23-17-9-5-15(6-10-17)19-3-1-2-4-20(16-7-11-18(24)12-8-16)26-22(28)14-13-21(27)25-19/h1-2,5-12,19-20H,3-4,13-14H2,(H,25,27)(H,26,28)/b2-1-/t19-,20-/m0/s1. The summed E-state index contributed by atoms with van der Waals surface area (Å²) in [4.78, 5) is 24.5. The van der Waals surface area contributed by atoms with Crippen LogP contribution in [-0.2, 0) is 9.59 Å². The predicted octanol–water partition coefficient (Wildman–Crippen LogP) is 4.11. The molecule has 0 saturated heterocycles. The molecule has 0 saturated carbocycles. The van der Waals surface area contributed by atoms with E-state index >= 15 is 0 Å². The summed E-state index contributed by atoms with van der Waals surface area (Å²) in [6.45, 7) is 0. The van der Waals surface area contributed by atoms with Crippen LogP contribution in [0, 0.1) is 11.6 Å². The number of rotatable bonds is 2. The minimum atomic E-state index is -0.336. The van der Waals surface area contributed by atoms with Crippen molar-refractivity contribution in [1.29, 1.82) is 0 Å². The van der Waals surface area contributed by atoms with Gasteiger partial charge >= 0.3 is 0 Å². The molecule has 3 rings (SSSR count). The lowest BCUT2D eigenvalue weighted by Crippen LogP contribution is -2.32. The first kappa shape index (κ1) is 19.7. The second-order valence-electron chi connectivity index (χ2n) is 6.79. The summed E-state index contributed by atoms with van der Waals surface area (Å²) >= 11 is 0. The van der Waals surface area contributed by atoms with Crippen molar-refractivity contribution in [1.82, 2.24) is 10.6 Å². The number of halogens is 2. The lowest BCUT2D eigenvalue weighted by molar-refractivity contribution is -0.127. The fourth-order valence-electron chi connectivity index (χ4n) is 3.17. The summed E-state index contributed by atoms with van der Waals surface area (Å²) in [7, 11) is 0. The molecule has 28 heavy (non-hydrogen) atoms. The van der Waals surface area contributed by atoms with Crippen molar-refractivity contribution >= 4 is 11.8 Å². The van der Waals surface area contributed by atoms with Gasteiger partial charge in [0.05, 0.1) is 12.1 Å². The highest BCUT2D eigenvalue weighted by Gasteiger charge is 2.18. The first-order chi connectivity index (χ1) is 13.5. The molecule has 2 amide bonds. The Morgan fingerprint density at radius 2 is 1.00 bits per heavy atom. The van der Waals surface area contributed by atoms with Gasteiger partial charge < -0.3 is 10.6 Å². The molecule has 1 heterocycles. The van der Waals surface area contributed by atoms with Gasteiger partial charge in [-0.3, -0.25) is 9.59 Å². The van der Waals surface area contributed by atoms with Crippen LogP contribution in [0.25, 0.3) is 0 Å². The number of amides is 2. The summed E-state index contributed by atoms with van der Waals surface area (Å²) < 4.78 is 26.4. The Hall–Kier alpha value is -3.02. The molecule has 4 nitrogen and oxygen atoms in total. The maximum absolute atomic E-state index is 13.2. The molecule has 2 atom stereocenters. The Balaban J connectivity index is 1.79. The van der Waals surface area contributed by atoms with Gasteiger partial charge in [-0.25, -0.2) is 8.78 Å². The predicted molar refractivity (Wildman–Crippen MR) is 102 cm³/mol. The van der Waals surface area contributed by atoms with Crippen LogP contribution < -0.4 is 10.6 Å². The van der Waals surface area contributed by atoms with Crippen LogP contribution in [0.1, 0.15) is 48.9 Å². The van der Waals surface area contributed by atoms with Crippen molar-refractivity contribution in [2.24, 2.45) is 0 Å². The Kier molecular flexibility index (Phi) is 6.53. The molecule has 2 aromatic carbocycles. The molecule has 0 spiro atoms. The molecule has 6 heteroatoms. The topological polar surface area (TPSA) is 58.2 Å². The molecule has 146 valence electrons. The van der Waals surface area contributed by atoms with E-state index in [0.29, 0.717) is 12.8 Å². The third-order valence-electron chi connectivity index (χ3n) is 4.70. The van der Waals surface area contributed by atoms with E-state index in [1.54, 1.807) is 24.3 Å². The van der Waals surface area contributed by atoms with Crippen molar-refractivity contribution < 1.29 is 18.4 Å². The summed E-state index contributed by atoms with van der Waals surface area (Å²) in [5, 5.41) is 5.81. The van der Waals surface area contributed by atoms with E-state index in [4.69, 9.17) is 0 Å². The zero-order valence-corrected chi connectivity index (χ0v) is 15.3. The minimum absolute atomic E-state index is 0.0589. The first-order valence-corrected chi connectivity index (χ1v) is 9.26. The molecule has 0 fully saturated rings. The second kappa shape index (κ2) is 9.26. The summed E-state index contributed by atoms with van der Waals surface area (Å²) in [5.74, 6) is -1.15. The normalized spacial score (nSPS) is 22.4. The monoisotopic (exact) mass is 384 g/mol. The fraction of sp³-hybridized carbons (Fsp3) is 0.273. The van der Waals surface area contributed by atoms with Crippen molar-refractivity contribution in [3.8, 4) is 0 Å². The van der Waals surface area contributed by atoms with E-state index < -0.39 is 0 Å². The molecule has 0 unspecified atom stereocenters. The number of benzene rings is 2. The van der Waals surface area contributed by atoms with Crippen LogP contribution in [0.4, 0.5) is 8.78 Å². The number of carbonyl (C=O) groups is 2. The smallest absolute Gasteiger partial charge is 0.221 e. The maximum Gasteiger partial charge on any atom is 0.221 e. The van der Waals surface area contributed by atoms with Gasteiger partial charge in [-0.15, -0.1) is 0 Å². The molecule has 1 aliphatic rings. The summed E-state index contributed by atoms with van der Waals surface area (Å²) in [6.07, 6.45) is 5.06. The molecule has 1 aliphatic heterocycles. The molecular formula is C22H22F2N2O2. The lowest BCUT2D eigenvalue weighted by atomic mass is 10.00. The number of hydrogen-bond donors (Lipinski definition) is 2. The third kappa shape index (κ3) is 5.49. The van der Waals surface area contributed by atoms with E-state index in [1.165, 1.54) is 24.3 Å². The minimum Gasteiger partial charge on any atom is -0.349 e. The lowest BCUT2D eigenvalue weighted by Gasteiger charge is -2.21. The fourth-order valence-corrected chi connectivity index (χ4v) is 3.17. The largest absolute Gasteiger partial charge is 0.349 e. The first-order valence-electron chi connectivity index (χ1n) is 9.26. The quantitative estimate of drug-likeness (QED) is 0.766. The zero-order valence-electron chi connectivity index (χ0n) is 15.3. The van der Waals surface area contributed by atoms with Gasteiger partial charge in [-0.1, -0.05) is 36.4 Å². The third-order valence-corrected chi connectivity index (χ3v) is 4.70. The number of nitrogens with one attached hydrogen (secondary N) is 2. The highest BCUT2D eigenvalue weighted by molar-refractivity contribution is 5.84. The van der Waals surface area contributed by atoms with Gasteiger partial charge in [0.2, 0.25) is 11.8 Å². The highest BCUT2D eigenvalue weighted by atomic mass is 19.1. The van der Waals surface area contributed by atoms with E-state index in [1.807, 2.05) is 12.2 Å². The Morgan fingerprint density at radius 1 is 0.643 bits per heavy atom. The Labute approximate surface area is 162 Å². The van der Waals surface area contributed by atoms with Crippen LogP contribution in [0.2, 0.25) is 0 Å². The molecule has 0 radical (unpaired) electrons. The molecule has 0 aliphatic carbocycles. The van der Waals surface area contributed by atoms with Gasteiger partial charge in [-0.05, 0) is 48.2 Å². The van der Waals surface area contributed by atoms with Gasteiger partial charge in [0, 0.05) is 12.8 Å². The molecule has 2 N–H and O–H groups in total. The zero-order chi connectivity index (χ0) is 19.9. The van der Waals surface area contributed by atoms with Crippen LogP contribution in [0.15, 0.2) is 60.7 Å². The van der Waals surface area contributed by atoms with E-state index in [-0.39, 0.29) is 48.4 Å². The van der Waals surface area contributed by atoms with Crippen molar-refractivity contribution in [3.63, 3.8) is 0 Å². The van der Waals surface area contributed by atoms with Crippen molar-refractivity contribution in [2.45, 2.75) is 37.8 Å². The molecule has 2 aromatic rings. The maximum atomic E-state index is 13.2. The van der Waals surface area contributed by atoms with E-state index in [9.17, 15) is 18.4 Å². The van der Waals surface area contributed by atoms with Crippen molar-refractivity contribution in [2.75, 3.05) is 0 Å². The Bertz CT molecular complexity index is 776. The summed E-state index contributed by atoms with van der Waals surface area (Å²) in [5.41, 5.74) is 1.60. The van der Waals surface area contributed by atoms with Crippen LogP contribution in [0.3, 0.4) is 0 Å².